The van der Waals surface area contributed by atoms with E-state index in [9.17, 15) is 5.11 Å². The van der Waals surface area contributed by atoms with E-state index in [1.807, 2.05) is 6.07 Å². The lowest BCUT2D eigenvalue weighted by Gasteiger charge is -2.23. The van der Waals surface area contributed by atoms with Gasteiger partial charge in [0.25, 0.3) is 0 Å². The van der Waals surface area contributed by atoms with Crippen molar-refractivity contribution in [2.45, 2.75) is 31.8 Å². The van der Waals surface area contributed by atoms with Gasteiger partial charge in [0.15, 0.2) is 0 Å². The Morgan fingerprint density at radius 2 is 1.36 bits per heavy atom. The van der Waals surface area contributed by atoms with Crippen molar-refractivity contribution in [3.63, 3.8) is 0 Å². The number of hydrogen-bond donors (Lipinski definition) is 1. The van der Waals surface area contributed by atoms with Crippen molar-refractivity contribution in [2.24, 2.45) is 0 Å². The third-order valence-electron chi connectivity index (χ3n) is 4.53. The molecule has 2 heteroatoms. The summed E-state index contributed by atoms with van der Waals surface area (Å²) in [6.45, 7) is 3.00. The van der Waals surface area contributed by atoms with Crippen LogP contribution in [0.15, 0.2) is 54.6 Å². The Labute approximate surface area is 133 Å². The minimum absolute atomic E-state index is 0.386. The first-order valence-corrected chi connectivity index (χ1v) is 8.39. The zero-order valence-corrected chi connectivity index (χ0v) is 13.1. The Morgan fingerprint density at radius 1 is 0.773 bits per heavy atom. The standard InChI is InChI=1S/C20H25NO/c22-20(16-21-14-6-1-2-7-15-21)19-12-10-18(11-13-19)17-8-4-3-5-9-17/h3-5,8-13,20,22H,1-2,6-7,14-16H2. The van der Waals surface area contributed by atoms with Gasteiger partial charge in [-0.1, -0.05) is 67.4 Å². The van der Waals surface area contributed by atoms with Crippen molar-refractivity contribution in [3.05, 3.63) is 60.2 Å². The molecule has 1 fully saturated rings. The molecule has 2 nitrogen and oxygen atoms in total. The van der Waals surface area contributed by atoms with Crippen LogP contribution in [-0.2, 0) is 0 Å². The van der Waals surface area contributed by atoms with Crippen LogP contribution < -0.4 is 0 Å². The normalized spacial score (nSPS) is 17.9. The van der Waals surface area contributed by atoms with Crippen molar-refractivity contribution >= 4 is 0 Å². The summed E-state index contributed by atoms with van der Waals surface area (Å²) in [6, 6.07) is 18.7. The van der Waals surface area contributed by atoms with Crippen LogP contribution in [0.2, 0.25) is 0 Å². The summed E-state index contributed by atoms with van der Waals surface area (Å²) in [4.78, 5) is 2.41. The van der Waals surface area contributed by atoms with E-state index in [0.29, 0.717) is 0 Å². The van der Waals surface area contributed by atoms with Gasteiger partial charge in [-0.2, -0.15) is 0 Å². The zero-order valence-electron chi connectivity index (χ0n) is 13.1. The molecule has 0 spiro atoms. The molecule has 1 N–H and O–H groups in total. The summed E-state index contributed by atoms with van der Waals surface area (Å²) >= 11 is 0. The fraction of sp³-hybridized carbons (Fsp3) is 0.400. The highest BCUT2D eigenvalue weighted by molar-refractivity contribution is 5.63. The molecule has 0 saturated carbocycles. The molecule has 1 atom stereocenters. The van der Waals surface area contributed by atoms with Gasteiger partial charge in [0.05, 0.1) is 6.10 Å². The van der Waals surface area contributed by atoms with Crippen LogP contribution in [0.5, 0.6) is 0 Å². The largest absolute Gasteiger partial charge is 0.387 e. The number of nitrogens with zero attached hydrogens (tertiary/aromatic N) is 1. The van der Waals surface area contributed by atoms with Crippen molar-refractivity contribution in [1.82, 2.24) is 4.90 Å². The number of aliphatic hydroxyl groups excluding tert-OH is 1. The van der Waals surface area contributed by atoms with Gasteiger partial charge in [0.2, 0.25) is 0 Å². The average molecular weight is 295 g/mol. The predicted molar refractivity (Wildman–Crippen MR) is 91.7 cm³/mol. The molecule has 1 saturated heterocycles. The first kappa shape index (κ1) is 15.3. The van der Waals surface area contributed by atoms with Gasteiger partial charge in [-0.3, -0.25) is 0 Å². The molecule has 22 heavy (non-hydrogen) atoms. The summed E-state index contributed by atoms with van der Waals surface area (Å²) in [6.07, 6.45) is 4.80. The lowest BCUT2D eigenvalue weighted by Crippen LogP contribution is -2.29. The van der Waals surface area contributed by atoms with Crippen molar-refractivity contribution in [3.8, 4) is 11.1 Å². The molecule has 0 radical (unpaired) electrons. The topological polar surface area (TPSA) is 23.5 Å². The highest BCUT2D eigenvalue weighted by atomic mass is 16.3. The van der Waals surface area contributed by atoms with E-state index in [0.717, 1.165) is 25.2 Å². The number of hydrogen-bond acceptors (Lipinski definition) is 2. The van der Waals surface area contributed by atoms with Gasteiger partial charge in [0.1, 0.15) is 0 Å². The maximum absolute atomic E-state index is 10.5. The summed E-state index contributed by atoms with van der Waals surface area (Å²) < 4.78 is 0. The van der Waals surface area contributed by atoms with Crippen LogP contribution in [0, 0.1) is 0 Å². The lowest BCUT2D eigenvalue weighted by molar-refractivity contribution is 0.115. The fourth-order valence-corrected chi connectivity index (χ4v) is 3.20. The number of β-amino-alcohol motifs (C(OH)–C–C–N with tert-alkyl or cyclic N) is 1. The van der Waals surface area contributed by atoms with Crippen LogP contribution in [0.4, 0.5) is 0 Å². The van der Waals surface area contributed by atoms with Crippen LogP contribution in [0.1, 0.15) is 37.4 Å². The minimum Gasteiger partial charge on any atom is -0.387 e. The summed E-state index contributed by atoms with van der Waals surface area (Å²) in [7, 11) is 0. The van der Waals surface area contributed by atoms with E-state index in [-0.39, 0.29) is 6.10 Å². The van der Waals surface area contributed by atoms with Crippen LogP contribution in [-0.4, -0.2) is 29.6 Å². The number of aliphatic hydroxyl groups is 1. The second kappa shape index (κ2) is 7.57. The second-order valence-electron chi connectivity index (χ2n) is 6.22. The molecule has 0 bridgehead atoms. The molecule has 0 aliphatic carbocycles. The van der Waals surface area contributed by atoms with Crippen LogP contribution >= 0.6 is 0 Å². The zero-order chi connectivity index (χ0) is 15.2. The van der Waals surface area contributed by atoms with Gasteiger partial charge in [-0.05, 0) is 42.6 Å². The molecular weight excluding hydrogens is 270 g/mol. The molecule has 0 amide bonds. The number of likely N-dealkylation sites (tertiary alicyclic amines) is 1. The molecule has 1 unspecified atom stereocenters. The summed E-state index contributed by atoms with van der Waals surface area (Å²) in [5, 5.41) is 10.5. The van der Waals surface area contributed by atoms with Gasteiger partial charge in [0, 0.05) is 6.54 Å². The number of rotatable bonds is 4. The van der Waals surface area contributed by atoms with E-state index in [1.54, 1.807) is 0 Å². The third kappa shape index (κ3) is 3.96. The van der Waals surface area contributed by atoms with E-state index in [2.05, 4.69) is 53.4 Å². The molecule has 3 rings (SSSR count). The SMILES string of the molecule is OC(CN1CCCCCC1)c1ccc(-c2ccccc2)cc1. The second-order valence-corrected chi connectivity index (χ2v) is 6.22. The Balaban J connectivity index is 1.64. The average Bonchev–Trinajstić information content (AvgIpc) is 2.84. The van der Waals surface area contributed by atoms with Crippen molar-refractivity contribution in [1.29, 1.82) is 0 Å². The minimum atomic E-state index is -0.386. The Kier molecular flexibility index (Phi) is 5.25. The van der Waals surface area contributed by atoms with Crippen LogP contribution in [0.3, 0.4) is 0 Å². The Hall–Kier alpha value is -1.64. The van der Waals surface area contributed by atoms with Gasteiger partial charge in [-0.15, -0.1) is 0 Å². The molecule has 1 heterocycles. The Morgan fingerprint density at radius 3 is 2.00 bits per heavy atom. The molecule has 1 aliphatic rings. The van der Waals surface area contributed by atoms with Gasteiger partial charge >= 0.3 is 0 Å². The fourth-order valence-electron chi connectivity index (χ4n) is 3.20. The highest BCUT2D eigenvalue weighted by Gasteiger charge is 2.15. The maximum Gasteiger partial charge on any atom is 0.0916 e. The van der Waals surface area contributed by atoms with E-state index in [1.165, 1.54) is 36.8 Å². The van der Waals surface area contributed by atoms with Gasteiger partial charge in [-0.25, -0.2) is 0 Å². The molecule has 2 aromatic carbocycles. The summed E-state index contributed by atoms with van der Waals surface area (Å²) in [5.41, 5.74) is 3.44. The van der Waals surface area contributed by atoms with E-state index in [4.69, 9.17) is 0 Å². The first-order chi connectivity index (χ1) is 10.8. The third-order valence-corrected chi connectivity index (χ3v) is 4.53. The maximum atomic E-state index is 10.5. The van der Waals surface area contributed by atoms with E-state index < -0.39 is 0 Å². The molecular formula is C20H25NO. The van der Waals surface area contributed by atoms with Crippen molar-refractivity contribution < 1.29 is 5.11 Å². The predicted octanol–water partition coefficient (Wildman–Crippen LogP) is 4.26. The Bertz CT molecular complexity index is 556. The van der Waals surface area contributed by atoms with Gasteiger partial charge < -0.3 is 10.0 Å². The molecule has 116 valence electrons. The smallest absolute Gasteiger partial charge is 0.0916 e. The van der Waals surface area contributed by atoms with Crippen molar-refractivity contribution in [2.75, 3.05) is 19.6 Å². The van der Waals surface area contributed by atoms with Crippen LogP contribution in [0.25, 0.3) is 11.1 Å². The highest BCUT2D eigenvalue weighted by Crippen LogP contribution is 2.23. The molecule has 2 aromatic rings. The van der Waals surface area contributed by atoms with E-state index >= 15 is 0 Å². The number of benzene rings is 2. The summed E-state index contributed by atoms with van der Waals surface area (Å²) in [5.74, 6) is 0. The first-order valence-electron chi connectivity index (χ1n) is 8.39. The molecule has 0 aromatic heterocycles. The quantitative estimate of drug-likeness (QED) is 0.911. The lowest BCUT2D eigenvalue weighted by atomic mass is 10.0. The monoisotopic (exact) mass is 295 g/mol. The molecule has 1 aliphatic heterocycles.